The molecule has 2 rings (SSSR count). The van der Waals surface area contributed by atoms with E-state index >= 15 is 0 Å². The summed E-state index contributed by atoms with van der Waals surface area (Å²) < 4.78 is 0. The van der Waals surface area contributed by atoms with Crippen LogP contribution < -0.4 is 4.90 Å². The number of aliphatic hydroxyl groups is 2. The molecule has 2 N–H and O–H groups in total. The summed E-state index contributed by atoms with van der Waals surface area (Å²) in [5, 5.41) is 18.7. The third kappa shape index (κ3) is 1.98. The Bertz CT molecular complexity index is 342. The molecule has 0 radical (unpaired) electrons. The third-order valence-corrected chi connectivity index (χ3v) is 2.49. The lowest BCUT2D eigenvalue weighted by Crippen LogP contribution is -2.22. The van der Waals surface area contributed by atoms with Crippen LogP contribution in [0.3, 0.4) is 0 Å². The Morgan fingerprint density at radius 3 is 2.47 bits per heavy atom. The second kappa shape index (κ2) is 3.96. The van der Waals surface area contributed by atoms with E-state index < -0.39 is 12.2 Å². The molecule has 1 fully saturated rings. The molecule has 0 aliphatic carbocycles. The Balaban J connectivity index is 2.13. The molecule has 15 heavy (non-hydrogen) atoms. The van der Waals surface area contributed by atoms with Gasteiger partial charge in [-0.1, -0.05) is 0 Å². The number of carbonyl (C=O) groups excluding carboxylic acids is 1. The fourth-order valence-corrected chi connectivity index (χ4v) is 1.61. The van der Waals surface area contributed by atoms with Crippen molar-refractivity contribution in [1.82, 2.24) is 4.98 Å². The lowest BCUT2D eigenvalue weighted by atomic mass is 10.3. The van der Waals surface area contributed by atoms with E-state index in [9.17, 15) is 15.0 Å². The molecule has 1 aliphatic rings. The number of hydrogen-bond donors (Lipinski definition) is 2. The Morgan fingerprint density at radius 1 is 1.33 bits per heavy atom. The van der Waals surface area contributed by atoms with Crippen molar-refractivity contribution in [2.75, 3.05) is 18.0 Å². The van der Waals surface area contributed by atoms with Crippen LogP contribution in [0.15, 0.2) is 18.3 Å². The van der Waals surface area contributed by atoms with E-state index in [0.29, 0.717) is 24.5 Å². The number of aliphatic hydroxyl groups excluding tert-OH is 2. The van der Waals surface area contributed by atoms with E-state index in [4.69, 9.17) is 0 Å². The van der Waals surface area contributed by atoms with Crippen molar-refractivity contribution in [1.29, 1.82) is 0 Å². The summed E-state index contributed by atoms with van der Waals surface area (Å²) in [6, 6.07) is 3.36. The number of nitrogens with zero attached hydrogens (tertiary/aromatic N) is 2. The predicted molar refractivity (Wildman–Crippen MR) is 53.9 cm³/mol. The van der Waals surface area contributed by atoms with Gasteiger partial charge in [-0.2, -0.15) is 0 Å². The van der Waals surface area contributed by atoms with Crippen LogP contribution in [0.5, 0.6) is 0 Å². The summed E-state index contributed by atoms with van der Waals surface area (Å²) in [6.45, 7) is 0.739. The van der Waals surface area contributed by atoms with Gasteiger partial charge in [-0.25, -0.2) is 4.98 Å². The quantitative estimate of drug-likeness (QED) is 0.637. The zero-order chi connectivity index (χ0) is 10.8. The maximum atomic E-state index is 10.4. The minimum atomic E-state index is -0.724. The SMILES string of the molecule is O=Cc1ccc(N2CC(O)C(O)C2)nc1. The Hall–Kier alpha value is -1.46. The van der Waals surface area contributed by atoms with Crippen LogP contribution >= 0.6 is 0 Å². The second-order valence-corrected chi connectivity index (χ2v) is 3.61. The molecule has 5 heteroatoms. The van der Waals surface area contributed by atoms with E-state index in [1.165, 1.54) is 6.20 Å². The zero-order valence-corrected chi connectivity index (χ0v) is 8.08. The molecule has 0 aromatic carbocycles. The minimum absolute atomic E-state index is 0.370. The molecule has 1 aromatic rings. The van der Waals surface area contributed by atoms with Gasteiger partial charge in [0.1, 0.15) is 5.82 Å². The summed E-state index contributed by atoms with van der Waals surface area (Å²) in [6.07, 6.45) is 0.749. The fourth-order valence-electron chi connectivity index (χ4n) is 1.61. The van der Waals surface area contributed by atoms with Crippen LogP contribution in [-0.2, 0) is 0 Å². The van der Waals surface area contributed by atoms with Crippen LogP contribution in [0.2, 0.25) is 0 Å². The number of aldehydes is 1. The maximum absolute atomic E-state index is 10.4. The van der Waals surface area contributed by atoms with Crippen molar-refractivity contribution >= 4 is 12.1 Å². The highest BCUT2D eigenvalue weighted by atomic mass is 16.3. The smallest absolute Gasteiger partial charge is 0.151 e. The summed E-state index contributed by atoms with van der Waals surface area (Å²) >= 11 is 0. The predicted octanol–water partition coefficient (Wildman–Crippen LogP) is -0.564. The largest absolute Gasteiger partial charge is 0.389 e. The fraction of sp³-hybridized carbons (Fsp3) is 0.400. The van der Waals surface area contributed by atoms with Crippen molar-refractivity contribution in [3.05, 3.63) is 23.9 Å². The van der Waals surface area contributed by atoms with E-state index in [1.807, 2.05) is 0 Å². The van der Waals surface area contributed by atoms with E-state index in [-0.39, 0.29) is 0 Å². The normalized spacial score (nSPS) is 25.6. The van der Waals surface area contributed by atoms with Crippen LogP contribution in [0, 0.1) is 0 Å². The summed E-state index contributed by atoms with van der Waals surface area (Å²) in [5.41, 5.74) is 0.513. The van der Waals surface area contributed by atoms with Gasteiger partial charge in [0.25, 0.3) is 0 Å². The second-order valence-electron chi connectivity index (χ2n) is 3.61. The van der Waals surface area contributed by atoms with Gasteiger partial charge < -0.3 is 15.1 Å². The molecule has 5 nitrogen and oxygen atoms in total. The van der Waals surface area contributed by atoms with Crippen molar-refractivity contribution < 1.29 is 15.0 Å². The molecule has 2 atom stereocenters. The van der Waals surface area contributed by atoms with Crippen LogP contribution in [-0.4, -0.2) is 46.8 Å². The first-order valence-electron chi connectivity index (χ1n) is 4.73. The molecule has 0 spiro atoms. The summed E-state index contributed by atoms with van der Waals surface area (Å²) in [5.74, 6) is 0.663. The number of aromatic nitrogens is 1. The van der Waals surface area contributed by atoms with Crippen molar-refractivity contribution in [2.45, 2.75) is 12.2 Å². The van der Waals surface area contributed by atoms with E-state index in [0.717, 1.165) is 6.29 Å². The molecule has 2 unspecified atom stereocenters. The number of hydrogen-bond acceptors (Lipinski definition) is 5. The van der Waals surface area contributed by atoms with Gasteiger partial charge in [0.2, 0.25) is 0 Å². The third-order valence-electron chi connectivity index (χ3n) is 2.49. The Kier molecular flexibility index (Phi) is 2.66. The van der Waals surface area contributed by atoms with Gasteiger partial charge in [-0.3, -0.25) is 4.79 Å². The topological polar surface area (TPSA) is 73.7 Å². The van der Waals surface area contributed by atoms with Crippen LogP contribution in [0.1, 0.15) is 10.4 Å². The van der Waals surface area contributed by atoms with Gasteiger partial charge in [0, 0.05) is 24.8 Å². The van der Waals surface area contributed by atoms with Crippen molar-refractivity contribution in [2.24, 2.45) is 0 Å². The van der Waals surface area contributed by atoms with Crippen molar-refractivity contribution in [3.8, 4) is 0 Å². The van der Waals surface area contributed by atoms with Crippen LogP contribution in [0.4, 0.5) is 5.82 Å². The van der Waals surface area contributed by atoms with Gasteiger partial charge >= 0.3 is 0 Å². The van der Waals surface area contributed by atoms with Gasteiger partial charge in [0.05, 0.1) is 12.2 Å². The highest BCUT2D eigenvalue weighted by Crippen LogP contribution is 2.18. The Labute approximate surface area is 87.0 Å². The van der Waals surface area contributed by atoms with E-state index in [1.54, 1.807) is 17.0 Å². The monoisotopic (exact) mass is 208 g/mol. The summed E-state index contributed by atoms with van der Waals surface area (Å²) in [7, 11) is 0. The lowest BCUT2D eigenvalue weighted by molar-refractivity contribution is 0.0572. The number of rotatable bonds is 2. The van der Waals surface area contributed by atoms with Gasteiger partial charge in [-0.15, -0.1) is 0 Å². The molecule has 1 aliphatic heterocycles. The lowest BCUT2D eigenvalue weighted by Gasteiger charge is -2.15. The number of β-amino-alcohol motifs (C(OH)–C–C–N with tert-alkyl or cyclic N) is 2. The first-order valence-corrected chi connectivity index (χ1v) is 4.73. The molecular formula is C10H12N2O3. The van der Waals surface area contributed by atoms with Crippen molar-refractivity contribution in [3.63, 3.8) is 0 Å². The number of pyridine rings is 1. The molecule has 0 bridgehead atoms. The standard InChI is InChI=1S/C10H12N2O3/c13-6-7-1-2-10(11-3-7)12-4-8(14)9(15)5-12/h1-3,6,8-9,14-15H,4-5H2. The average molecular weight is 208 g/mol. The van der Waals surface area contributed by atoms with E-state index in [2.05, 4.69) is 4.98 Å². The molecule has 1 saturated heterocycles. The minimum Gasteiger partial charge on any atom is -0.389 e. The number of carbonyl (C=O) groups is 1. The zero-order valence-electron chi connectivity index (χ0n) is 8.08. The Morgan fingerprint density at radius 2 is 2.00 bits per heavy atom. The molecule has 80 valence electrons. The first kappa shape index (κ1) is 10.1. The molecular weight excluding hydrogens is 196 g/mol. The highest BCUT2D eigenvalue weighted by molar-refractivity contribution is 5.74. The van der Waals surface area contributed by atoms with Gasteiger partial charge in [-0.05, 0) is 12.1 Å². The average Bonchev–Trinajstić information content (AvgIpc) is 2.59. The summed E-state index contributed by atoms with van der Waals surface area (Å²) in [4.78, 5) is 16.3. The van der Waals surface area contributed by atoms with Crippen LogP contribution in [0.25, 0.3) is 0 Å². The molecule has 0 amide bonds. The maximum Gasteiger partial charge on any atom is 0.151 e. The molecule has 2 heterocycles. The van der Waals surface area contributed by atoms with Gasteiger partial charge in [0.15, 0.2) is 6.29 Å². The first-order chi connectivity index (χ1) is 7.20. The molecule has 0 saturated carbocycles. The molecule has 1 aromatic heterocycles. The number of anilines is 1. The highest BCUT2D eigenvalue weighted by Gasteiger charge is 2.30.